The van der Waals surface area contributed by atoms with Gasteiger partial charge in [0.2, 0.25) is 15.9 Å². The van der Waals surface area contributed by atoms with Crippen LogP contribution < -0.4 is 4.72 Å². The van der Waals surface area contributed by atoms with Gasteiger partial charge in [-0.05, 0) is 30.6 Å². The first-order chi connectivity index (χ1) is 10.1. The fraction of sp³-hybridized carbons (Fsp3) is 0.938. The van der Waals surface area contributed by atoms with Crippen molar-refractivity contribution in [2.75, 3.05) is 5.75 Å². The molecule has 0 aromatic rings. The first-order valence-corrected chi connectivity index (χ1v) is 10.2. The third-order valence-corrected chi connectivity index (χ3v) is 6.99. The van der Waals surface area contributed by atoms with Gasteiger partial charge >= 0.3 is 0 Å². The van der Waals surface area contributed by atoms with Crippen LogP contribution in [0.25, 0.3) is 0 Å². The summed E-state index contributed by atoms with van der Waals surface area (Å²) in [6, 6.07) is 0. The second kappa shape index (κ2) is 6.27. The number of amides is 1. The smallest absolute Gasteiger partial charge is 0.236 e. The Hall–Kier alpha value is -0.580. The fourth-order valence-corrected chi connectivity index (χ4v) is 5.19. The molecular weight excluding hydrogens is 286 g/mol. The Kier molecular flexibility index (Phi) is 4.57. The largest absolute Gasteiger partial charge is 0.274 e. The van der Waals surface area contributed by atoms with Crippen LogP contribution in [0.15, 0.2) is 0 Å². The summed E-state index contributed by atoms with van der Waals surface area (Å²) < 4.78 is 26.4. The topological polar surface area (TPSA) is 63.2 Å². The highest BCUT2D eigenvalue weighted by atomic mass is 32.2. The molecule has 5 heteroatoms. The number of nitrogens with one attached hydrogen (secondary N) is 1. The molecule has 0 aromatic carbocycles. The van der Waals surface area contributed by atoms with E-state index < -0.39 is 10.0 Å². The highest BCUT2D eigenvalue weighted by Gasteiger charge is 2.49. The van der Waals surface area contributed by atoms with Crippen LogP contribution in [0.5, 0.6) is 0 Å². The number of sulfonamides is 1. The molecule has 3 aliphatic rings. The first-order valence-electron chi connectivity index (χ1n) is 8.59. The Morgan fingerprint density at radius 2 is 1.71 bits per heavy atom. The van der Waals surface area contributed by atoms with Gasteiger partial charge in [0, 0.05) is 5.92 Å². The van der Waals surface area contributed by atoms with Gasteiger partial charge in [0.1, 0.15) is 0 Å². The summed E-state index contributed by atoms with van der Waals surface area (Å²) in [5.74, 6) is 1.53. The van der Waals surface area contributed by atoms with E-state index in [2.05, 4.69) is 4.72 Å². The van der Waals surface area contributed by atoms with Gasteiger partial charge < -0.3 is 0 Å². The molecule has 3 rings (SSSR count). The Labute approximate surface area is 128 Å². The minimum absolute atomic E-state index is 0.0280. The maximum Gasteiger partial charge on any atom is 0.236 e. The third kappa shape index (κ3) is 3.99. The standard InChI is InChI=1S/C16H27NO3S/c18-16(15-11-14(15)13-7-4-8-13)17-21(19,20)10-9-12-5-2-1-3-6-12/h12-15H,1-11H2,(H,17,18)/t14-,15+/m0/s1. The van der Waals surface area contributed by atoms with Gasteiger partial charge in [0.25, 0.3) is 0 Å². The Morgan fingerprint density at radius 1 is 1.00 bits per heavy atom. The van der Waals surface area contributed by atoms with E-state index in [4.69, 9.17) is 0 Å². The van der Waals surface area contributed by atoms with Crippen molar-refractivity contribution in [2.24, 2.45) is 23.7 Å². The van der Waals surface area contributed by atoms with Gasteiger partial charge in [-0.3, -0.25) is 9.52 Å². The molecule has 3 aliphatic carbocycles. The molecule has 3 saturated carbocycles. The SMILES string of the molecule is O=C(NS(=O)(=O)CCC1CCCCC1)[C@@H]1C[C@H]1C1CCC1. The third-order valence-electron chi connectivity index (χ3n) is 5.71. The summed E-state index contributed by atoms with van der Waals surface area (Å²) in [4.78, 5) is 12.0. The maximum atomic E-state index is 12.0. The fourth-order valence-electron chi connectivity index (χ4n) is 3.98. The second-order valence-electron chi connectivity index (χ2n) is 7.27. The maximum absolute atomic E-state index is 12.0. The minimum atomic E-state index is -3.42. The lowest BCUT2D eigenvalue weighted by Gasteiger charge is -2.25. The highest BCUT2D eigenvalue weighted by molar-refractivity contribution is 7.90. The summed E-state index contributed by atoms with van der Waals surface area (Å²) in [6.45, 7) is 0. The number of hydrogen-bond acceptors (Lipinski definition) is 3. The first kappa shape index (κ1) is 15.3. The molecule has 1 N–H and O–H groups in total. The molecule has 0 aromatic heterocycles. The van der Waals surface area contributed by atoms with Crippen LogP contribution in [0.4, 0.5) is 0 Å². The van der Waals surface area contributed by atoms with Gasteiger partial charge in [-0.1, -0.05) is 51.4 Å². The van der Waals surface area contributed by atoms with E-state index in [1.165, 1.54) is 38.5 Å². The zero-order valence-corrected chi connectivity index (χ0v) is 13.5. The molecule has 0 unspecified atom stereocenters. The van der Waals surface area contributed by atoms with Crippen LogP contribution in [-0.4, -0.2) is 20.1 Å². The lowest BCUT2D eigenvalue weighted by molar-refractivity contribution is -0.121. The molecule has 0 saturated heterocycles. The summed E-state index contributed by atoms with van der Waals surface area (Å²) in [5, 5.41) is 0. The van der Waals surface area contributed by atoms with Crippen LogP contribution >= 0.6 is 0 Å². The van der Waals surface area contributed by atoms with Crippen LogP contribution in [0, 0.1) is 23.7 Å². The number of carbonyl (C=O) groups is 1. The number of carbonyl (C=O) groups excluding carboxylic acids is 1. The second-order valence-corrected chi connectivity index (χ2v) is 9.12. The lowest BCUT2D eigenvalue weighted by Crippen LogP contribution is -2.35. The Bertz CT molecular complexity index is 478. The van der Waals surface area contributed by atoms with Crippen molar-refractivity contribution in [3.05, 3.63) is 0 Å². The van der Waals surface area contributed by atoms with E-state index in [-0.39, 0.29) is 17.6 Å². The van der Waals surface area contributed by atoms with Gasteiger partial charge in [0.15, 0.2) is 0 Å². The minimum Gasteiger partial charge on any atom is -0.274 e. The molecule has 0 aliphatic heterocycles. The quantitative estimate of drug-likeness (QED) is 0.820. The van der Waals surface area contributed by atoms with Gasteiger partial charge in [-0.25, -0.2) is 8.42 Å². The van der Waals surface area contributed by atoms with Crippen molar-refractivity contribution in [3.8, 4) is 0 Å². The Balaban J connectivity index is 1.41. The summed E-state index contributed by atoms with van der Waals surface area (Å²) in [5.41, 5.74) is 0. The van der Waals surface area contributed by atoms with Gasteiger partial charge in [-0.15, -0.1) is 0 Å². The van der Waals surface area contributed by atoms with Crippen molar-refractivity contribution < 1.29 is 13.2 Å². The monoisotopic (exact) mass is 313 g/mol. The summed E-state index contributed by atoms with van der Waals surface area (Å²) in [7, 11) is -3.42. The average molecular weight is 313 g/mol. The predicted molar refractivity (Wildman–Crippen MR) is 82.1 cm³/mol. The predicted octanol–water partition coefficient (Wildman–Crippen LogP) is 2.84. The van der Waals surface area contributed by atoms with Crippen LogP contribution in [0.1, 0.15) is 64.2 Å². The van der Waals surface area contributed by atoms with Crippen molar-refractivity contribution in [2.45, 2.75) is 64.2 Å². The molecule has 0 radical (unpaired) electrons. The van der Waals surface area contributed by atoms with E-state index in [9.17, 15) is 13.2 Å². The van der Waals surface area contributed by atoms with E-state index in [0.29, 0.717) is 24.2 Å². The molecule has 0 bridgehead atoms. The molecule has 0 spiro atoms. The molecule has 21 heavy (non-hydrogen) atoms. The molecule has 0 heterocycles. The molecular formula is C16H27NO3S. The lowest BCUT2D eigenvalue weighted by atomic mass is 9.81. The summed E-state index contributed by atoms with van der Waals surface area (Å²) in [6.07, 6.45) is 11.4. The molecule has 3 fully saturated rings. The van der Waals surface area contributed by atoms with Crippen LogP contribution in [0.3, 0.4) is 0 Å². The van der Waals surface area contributed by atoms with E-state index in [1.54, 1.807) is 0 Å². The van der Waals surface area contributed by atoms with Crippen LogP contribution in [0.2, 0.25) is 0 Å². The average Bonchev–Trinajstić information content (AvgIpc) is 3.15. The molecule has 2 atom stereocenters. The number of hydrogen-bond donors (Lipinski definition) is 1. The van der Waals surface area contributed by atoms with Crippen LogP contribution in [-0.2, 0) is 14.8 Å². The molecule has 120 valence electrons. The normalized spacial score (nSPS) is 30.7. The van der Waals surface area contributed by atoms with Crippen molar-refractivity contribution in [3.63, 3.8) is 0 Å². The van der Waals surface area contributed by atoms with Crippen molar-refractivity contribution in [1.29, 1.82) is 0 Å². The molecule has 1 amide bonds. The zero-order valence-electron chi connectivity index (χ0n) is 12.7. The van der Waals surface area contributed by atoms with Gasteiger partial charge in [0.05, 0.1) is 5.75 Å². The molecule has 4 nitrogen and oxygen atoms in total. The van der Waals surface area contributed by atoms with E-state index >= 15 is 0 Å². The van der Waals surface area contributed by atoms with Crippen molar-refractivity contribution >= 4 is 15.9 Å². The zero-order chi connectivity index (χ0) is 14.9. The number of rotatable bonds is 6. The van der Waals surface area contributed by atoms with E-state index in [0.717, 1.165) is 19.3 Å². The highest BCUT2D eigenvalue weighted by Crippen LogP contribution is 2.51. The summed E-state index contributed by atoms with van der Waals surface area (Å²) >= 11 is 0. The Morgan fingerprint density at radius 3 is 2.33 bits per heavy atom. The van der Waals surface area contributed by atoms with Gasteiger partial charge in [-0.2, -0.15) is 0 Å². The van der Waals surface area contributed by atoms with E-state index in [1.807, 2.05) is 0 Å². The van der Waals surface area contributed by atoms with Crippen molar-refractivity contribution in [1.82, 2.24) is 4.72 Å².